The molecule has 2 heterocycles. The maximum Gasteiger partial charge on any atom is 0.193 e. The van der Waals surface area contributed by atoms with E-state index in [1.165, 1.54) is 12.2 Å². The Labute approximate surface area is 131 Å². The largest absolute Gasteiger partial charge is 0.356 e. The quantitative estimate of drug-likeness (QED) is 0.508. The van der Waals surface area contributed by atoms with Crippen molar-refractivity contribution in [3.05, 3.63) is 24.4 Å². The van der Waals surface area contributed by atoms with Crippen LogP contribution in [-0.2, 0) is 0 Å². The lowest BCUT2D eigenvalue weighted by atomic mass is 10.3. The minimum Gasteiger partial charge on any atom is -0.356 e. The second-order valence-corrected chi connectivity index (χ2v) is 5.97. The first-order valence-electron chi connectivity index (χ1n) is 7.45. The summed E-state index contributed by atoms with van der Waals surface area (Å²) in [5, 5.41) is 3.46. The number of aromatic nitrogens is 1. The van der Waals surface area contributed by atoms with Crippen LogP contribution in [0.3, 0.4) is 0 Å². The maximum absolute atomic E-state index is 4.42. The Balaban J connectivity index is 1.79. The number of anilines is 1. The third-order valence-electron chi connectivity index (χ3n) is 3.57. The van der Waals surface area contributed by atoms with Gasteiger partial charge in [0.15, 0.2) is 5.96 Å². The summed E-state index contributed by atoms with van der Waals surface area (Å²) in [6.45, 7) is 4.94. The average molecular weight is 307 g/mol. The monoisotopic (exact) mass is 307 g/mol. The van der Waals surface area contributed by atoms with E-state index in [1.807, 2.05) is 37.1 Å². The molecule has 1 aliphatic rings. The van der Waals surface area contributed by atoms with Gasteiger partial charge in [0.25, 0.3) is 0 Å². The van der Waals surface area contributed by atoms with E-state index in [2.05, 4.69) is 37.4 Å². The Morgan fingerprint density at radius 2 is 2.14 bits per heavy atom. The lowest BCUT2D eigenvalue weighted by molar-refractivity contribution is 0.371. The first-order chi connectivity index (χ1) is 10.3. The number of pyridine rings is 1. The number of hydrogen-bond donors (Lipinski definition) is 1. The topological polar surface area (TPSA) is 43.8 Å². The molecule has 1 fully saturated rings. The molecule has 116 valence electrons. The Morgan fingerprint density at radius 1 is 1.33 bits per heavy atom. The van der Waals surface area contributed by atoms with Crippen molar-refractivity contribution in [2.75, 3.05) is 56.7 Å². The van der Waals surface area contributed by atoms with Gasteiger partial charge in [0.1, 0.15) is 5.82 Å². The fourth-order valence-corrected chi connectivity index (χ4v) is 2.87. The smallest absolute Gasteiger partial charge is 0.193 e. The molecule has 6 heteroatoms. The lowest BCUT2D eigenvalue weighted by Gasteiger charge is -2.37. The normalized spacial score (nSPS) is 16.2. The van der Waals surface area contributed by atoms with Gasteiger partial charge in [-0.05, 0) is 30.6 Å². The van der Waals surface area contributed by atoms with Gasteiger partial charge in [-0.25, -0.2) is 4.98 Å². The molecular formula is C15H25N5S. The summed E-state index contributed by atoms with van der Waals surface area (Å²) < 4.78 is 0. The summed E-state index contributed by atoms with van der Waals surface area (Å²) in [7, 11) is 1.86. The summed E-state index contributed by atoms with van der Waals surface area (Å²) in [5.41, 5.74) is 0. The number of nitrogens with one attached hydrogen (secondary N) is 1. The molecule has 21 heavy (non-hydrogen) atoms. The first-order valence-corrected chi connectivity index (χ1v) is 8.85. The van der Waals surface area contributed by atoms with Gasteiger partial charge in [-0.3, -0.25) is 4.99 Å². The summed E-state index contributed by atoms with van der Waals surface area (Å²) >= 11 is 1.89. The maximum atomic E-state index is 4.42. The predicted octanol–water partition coefficient (Wildman–Crippen LogP) is 1.53. The zero-order valence-electron chi connectivity index (χ0n) is 13.0. The highest BCUT2D eigenvalue weighted by molar-refractivity contribution is 7.98. The number of piperazine rings is 1. The Bertz CT molecular complexity index is 429. The summed E-state index contributed by atoms with van der Waals surface area (Å²) in [5.74, 6) is 3.29. The molecule has 0 aliphatic carbocycles. The minimum atomic E-state index is 0.985. The molecule has 5 nitrogen and oxygen atoms in total. The standard InChI is InChI=1S/C15H25N5S/c1-16-15(18-8-5-13-21-2)20-11-9-19(10-12-20)14-6-3-4-7-17-14/h3-4,6-7H,5,8-13H2,1-2H3,(H,16,18). The van der Waals surface area contributed by atoms with Crippen molar-refractivity contribution in [1.29, 1.82) is 0 Å². The summed E-state index contributed by atoms with van der Waals surface area (Å²) in [6, 6.07) is 6.08. The van der Waals surface area contributed by atoms with E-state index in [0.717, 1.165) is 44.5 Å². The van der Waals surface area contributed by atoms with Gasteiger partial charge in [0.05, 0.1) is 0 Å². The SMILES string of the molecule is CN=C(NCCCSC)N1CCN(c2ccccn2)CC1. The minimum absolute atomic E-state index is 0.985. The molecule has 1 aromatic rings. The number of hydrogen-bond acceptors (Lipinski definition) is 4. The van der Waals surface area contributed by atoms with Crippen LogP contribution in [0.15, 0.2) is 29.4 Å². The molecule has 0 saturated carbocycles. The molecule has 0 amide bonds. The van der Waals surface area contributed by atoms with Crippen molar-refractivity contribution in [1.82, 2.24) is 15.2 Å². The molecule has 0 radical (unpaired) electrons. The van der Waals surface area contributed by atoms with Gasteiger partial charge in [0.2, 0.25) is 0 Å². The molecule has 0 bridgehead atoms. The second-order valence-electron chi connectivity index (χ2n) is 4.98. The Morgan fingerprint density at radius 3 is 2.76 bits per heavy atom. The van der Waals surface area contributed by atoms with Gasteiger partial charge in [-0.1, -0.05) is 6.07 Å². The number of thioether (sulfide) groups is 1. The number of rotatable bonds is 5. The van der Waals surface area contributed by atoms with Crippen LogP contribution in [0.25, 0.3) is 0 Å². The zero-order chi connectivity index (χ0) is 14.9. The van der Waals surface area contributed by atoms with E-state index in [1.54, 1.807) is 0 Å². The fourth-order valence-electron chi connectivity index (χ4n) is 2.44. The van der Waals surface area contributed by atoms with Gasteiger partial charge in [-0.2, -0.15) is 11.8 Å². The molecule has 1 saturated heterocycles. The van der Waals surface area contributed by atoms with Crippen molar-refractivity contribution < 1.29 is 0 Å². The Hall–Kier alpha value is -1.43. The molecule has 2 rings (SSSR count). The van der Waals surface area contributed by atoms with Crippen LogP contribution in [0.5, 0.6) is 0 Å². The van der Waals surface area contributed by atoms with E-state index in [9.17, 15) is 0 Å². The predicted molar refractivity (Wildman–Crippen MR) is 92.4 cm³/mol. The highest BCUT2D eigenvalue weighted by Gasteiger charge is 2.19. The van der Waals surface area contributed by atoms with Gasteiger partial charge in [0, 0.05) is 46.0 Å². The van der Waals surface area contributed by atoms with E-state index in [-0.39, 0.29) is 0 Å². The lowest BCUT2D eigenvalue weighted by Crippen LogP contribution is -2.52. The number of aliphatic imine (C=N–C) groups is 1. The molecule has 1 aromatic heterocycles. The van der Waals surface area contributed by atoms with Crippen molar-refractivity contribution >= 4 is 23.5 Å². The average Bonchev–Trinajstić information content (AvgIpc) is 2.56. The van der Waals surface area contributed by atoms with Crippen LogP contribution in [0.4, 0.5) is 5.82 Å². The van der Waals surface area contributed by atoms with E-state index in [0.29, 0.717) is 0 Å². The van der Waals surface area contributed by atoms with Crippen LogP contribution >= 0.6 is 11.8 Å². The van der Waals surface area contributed by atoms with Crippen LogP contribution < -0.4 is 10.2 Å². The van der Waals surface area contributed by atoms with Crippen molar-refractivity contribution in [3.63, 3.8) is 0 Å². The number of guanidine groups is 1. The molecule has 1 aliphatic heterocycles. The van der Waals surface area contributed by atoms with E-state index < -0.39 is 0 Å². The first kappa shape index (κ1) is 15.9. The molecule has 0 unspecified atom stereocenters. The fraction of sp³-hybridized carbons (Fsp3) is 0.600. The van der Waals surface area contributed by atoms with Crippen LogP contribution in [-0.4, -0.2) is 67.6 Å². The van der Waals surface area contributed by atoms with Gasteiger partial charge < -0.3 is 15.1 Å². The molecule has 0 atom stereocenters. The molecule has 0 aromatic carbocycles. The molecular weight excluding hydrogens is 282 g/mol. The second kappa shape index (κ2) is 8.77. The van der Waals surface area contributed by atoms with E-state index >= 15 is 0 Å². The molecule has 1 N–H and O–H groups in total. The highest BCUT2D eigenvalue weighted by Crippen LogP contribution is 2.12. The van der Waals surface area contributed by atoms with Crippen molar-refractivity contribution in [2.24, 2.45) is 4.99 Å². The van der Waals surface area contributed by atoms with Crippen LogP contribution in [0.2, 0.25) is 0 Å². The van der Waals surface area contributed by atoms with Gasteiger partial charge in [-0.15, -0.1) is 0 Å². The van der Waals surface area contributed by atoms with Crippen molar-refractivity contribution in [2.45, 2.75) is 6.42 Å². The molecule has 0 spiro atoms. The summed E-state index contributed by atoms with van der Waals surface area (Å²) in [6.07, 6.45) is 5.17. The zero-order valence-corrected chi connectivity index (χ0v) is 13.8. The highest BCUT2D eigenvalue weighted by atomic mass is 32.2. The van der Waals surface area contributed by atoms with Gasteiger partial charge >= 0.3 is 0 Å². The third kappa shape index (κ3) is 4.81. The van der Waals surface area contributed by atoms with Crippen LogP contribution in [0.1, 0.15) is 6.42 Å². The Kier molecular flexibility index (Phi) is 6.66. The van der Waals surface area contributed by atoms with Crippen molar-refractivity contribution in [3.8, 4) is 0 Å². The van der Waals surface area contributed by atoms with Crippen LogP contribution in [0, 0.1) is 0 Å². The third-order valence-corrected chi connectivity index (χ3v) is 4.27. The van der Waals surface area contributed by atoms with E-state index in [4.69, 9.17) is 0 Å². The number of nitrogens with zero attached hydrogens (tertiary/aromatic N) is 4. The summed E-state index contributed by atoms with van der Waals surface area (Å²) in [4.78, 5) is 13.5.